The molecule has 0 fully saturated rings. The summed E-state index contributed by atoms with van der Waals surface area (Å²) in [6.07, 6.45) is 0. The van der Waals surface area contributed by atoms with Crippen molar-refractivity contribution in [3.8, 4) is 0 Å². The number of amides is 2. The molecule has 0 aliphatic carbocycles. The number of benzene rings is 2. The number of aryl methyl sites for hydroxylation is 3. The number of carbonyl (C=O) groups excluding carboxylic acids is 2. The lowest BCUT2D eigenvalue weighted by Crippen LogP contribution is -2.30. The molecule has 0 unspecified atom stereocenters. The predicted molar refractivity (Wildman–Crippen MR) is 95.4 cm³/mol. The highest BCUT2D eigenvalue weighted by atomic mass is 35.5. The van der Waals surface area contributed by atoms with Crippen molar-refractivity contribution < 1.29 is 9.59 Å². The molecule has 1 heterocycles. The molecule has 4 heteroatoms. The van der Waals surface area contributed by atoms with E-state index in [1.165, 1.54) is 4.90 Å². The Morgan fingerprint density at radius 3 is 2.12 bits per heavy atom. The second kappa shape index (κ2) is 6.25. The molecule has 122 valence electrons. The summed E-state index contributed by atoms with van der Waals surface area (Å²) in [7, 11) is 0. The number of nitrogens with zero attached hydrogens (tertiary/aromatic N) is 1. The zero-order valence-electron chi connectivity index (χ0n) is 13.9. The molecule has 3 rings (SSSR count). The maximum atomic E-state index is 12.8. The lowest BCUT2D eigenvalue weighted by molar-refractivity contribution is -0.137. The Labute approximate surface area is 146 Å². The third-order valence-corrected chi connectivity index (χ3v) is 4.57. The molecule has 0 saturated carbocycles. The van der Waals surface area contributed by atoms with Gasteiger partial charge in [-0.2, -0.15) is 0 Å². The Hall–Kier alpha value is -2.39. The van der Waals surface area contributed by atoms with Crippen LogP contribution in [0, 0.1) is 20.8 Å². The van der Waals surface area contributed by atoms with Gasteiger partial charge in [0.2, 0.25) is 0 Å². The molecule has 0 aromatic heterocycles. The minimum Gasteiger partial charge on any atom is -0.269 e. The molecule has 2 aromatic carbocycles. The fraction of sp³-hybridized carbons (Fsp3) is 0.200. The van der Waals surface area contributed by atoms with E-state index in [0.29, 0.717) is 5.57 Å². The minimum absolute atomic E-state index is 0.000866. The van der Waals surface area contributed by atoms with Gasteiger partial charge in [0, 0.05) is 0 Å². The van der Waals surface area contributed by atoms with Gasteiger partial charge in [-0.25, -0.2) is 0 Å². The third-order valence-electron chi connectivity index (χ3n) is 4.22. The van der Waals surface area contributed by atoms with E-state index in [1.807, 2.05) is 63.2 Å². The van der Waals surface area contributed by atoms with Gasteiger partial charge in [0.15, 0.2) is 0 Å². The Morgan fingerprint density at radius 1 is 0.875 bits per heavy atom. The van der Waals surface area contributed by atoms with Gasteiger partial charge in [0.1, 0.15) is 5.03 Å². The van der Waals surface area contributed by atoms with Crippen LogP contribution in [0.15, 0.2) is 47.5 Å². The Balaban J connectivity index is 1.94. The highest BCUT2D eigenvalue weighted by Gasteiger charge is 2.38. The first-order chi connectivity index (χ1) is 11.4. The lowest BCUT2D eigenvalue weighted by Gasteiger charge is -2.15. The van der Waals surface area contributed by atoms with E-state index in [9.17, 15) is 9.59 Å². The zero-order valence-corrected chi connectivity index (χ0v) is 14.6. The van der Waals surface area contributed by atoms with Crippen molar-refractivity contribution in [3.05, 3.63) is 75.3 Å². The molecule has 3 nitrogen and oxygen atoms in total. The number of halogens is 1. The molecule has 0 atom stereocenters. The number of carbonyl (C=O) groups is 2. The molecule has 2 aromatic rings. The maximum Gasteiger partial charge on any atom is 0.273 e. The highest BCUT2D eigenvalue weighted by Crippen LogP contribution is 2.34. The summed E-state index contributed by atoms with van der Waals surface area (Å²) in [5.74, 6) is -0.769. The zero-order chi connectivity index (χ0) is 17.4. The van der Waals surface area contributed by atoms with E-state index in [2.05, 4.69) is 0 Å². The average molecular weight is 340 g/mol. The normalized spacial score (nSPS) is 14.8. The Morgan fingerprint density at radius 2 is 1.50 bits per heavy atom. The van der Waals surface area contributed by atoms with E-state index < -0.39 is 5.91 Å². The first kappa shape index (κ1) is 16.5. The van der Waals surface area contributed by atoms with Crippen molar-refractivity contribution in [1.29, 1.82) is 0 Å². The SMILES string of the molecule is Cc1ccc(CN2C(=O)C(Cl)=C(c3ccc(C)cc3C)C2=O)cc1. The van der Waals surface area contributed by atoms with Crippen molar-refractivity contribution in [2.45, 2.75) is 27.3 Å². The van der Waals surface area contributed by atoms with Crippen molar-refractivity contribution in [2.24, 2.45) is 0 Å². The number of rotatable bonds is 3. The summed E-state index contributed by atoms with van der Waals surface area (Å²) in [5, 5.41) is -0.000866. The van der Waals surface area contributed by atoms with Crippen molar-refractivity contribution in [1.82, 2.24) is 4.90 Å². The van der Waals surface area contributed by atoms with Gasteiger partial charge >= 0.3 is 0 Å². The van der Waals surface area contributed by atoms with Crippen LogP contribution in [-0.2, 0) is 16.1 Å². The first-order valence-electron chi connectivity index (χ1n) is 7.77. The van der Waals surface area contributed by atoms with Gasteiger partial charge in [-0.3, -0.25) is 14.5 Å². The summed E-state index contributed by atoms with van der Waals surface area (Å²) < 4.78 is 0. The van der Waals surface area contributed by atoms with Crippen LogP contribution < -0.4 is 0 Å². The van der Waals surface area contributed by atoms with E-state index in [-0.39, 0.29) is 17.5 Å². The van der Waals surface area contributed by atoms with Crippen LogP contribution in [0.5, 0.6) is 0 Å². The van der Waals surface area contributed by atoms with E-state index in [0.717, 1.165) is 27.8 Å². The van der Waals surface area contributed by atoms with Crippen LogP contribution in [0.25, 0.3) is 5.57 Å². The lowest BCUT2D eigenvalue weighted by atomic mass is 9.99. The summed E-state index contributed by atoms with van der Waals surface area (Å²) in [6.45, 7) is 6.12. The van der Waals surface area contributed by atoms with E-state index in [1.54, 1.807) is 0 Å². The third kappa shape index (κ3) is 2.87. The minimum atomic E-state index is -0.433. The Bertz CT molecular complexity index is 866. The number of imide groups is 1. The van der Waals surface area contributed by atoms with Crippen molar-refractivity contribution in [3.63, 3.8) is 0 Å². The first-order valence-corrected chi connectivity index (χ1v) is 8.15. The van der Waals surface area contributed by atoms with Crippen molar-refractivity contribution >= 4 is 29.0 Å². The molecule has 0 radical (unpaired) electrons. The van der Waals surface area contributed by atoms with Crippen LogP contribution in [0.1, 0.15) is 27.8 Å². The molecule has 0 saturated heterocycles. The topological polar surface area (TPSA) is 37.4 Å². The van der Waals surface area contributed by atoms with Crippen LogP contribution >= 0.6 is 11.6 Å². The molecule has 1 aliphatic rings. The van der Waals surface area contributed by atoms with Gasteiger partial charge in [-0.05, 0) is 37.5 Å². The summed E-state index contributed by atoms with van der Waals surface area (Å²) >= 11 is 6.22. The van der Waals surface area contributed by atoms with Gasteiger partial charge in [-0.15, -0.1) is 0 Å². The summed E-state index contributed by atoms with van der Waals surface area (Å²) in [5.41, 5.74) is 5.07. The van der Waals surface area contributed by atoms with Gasteiger partial charge in [0.05, 0.1) is 12.1 Å². The van der Waals surface area contributed by atoms with Crippen LogP contribution in [0.3, 0.4) is 0 Å². The fourth-order valence-electron chi connectivity index (χ4n) is 2.89. The maximum absolute atomic E-state index is 12.8. The van der Waals surface area contributed by atoms with Crippen LogP contribution in [-0.4, -0.2) is 16.7 Å². The van der Waals surface area contributed by atoms with E-state index >= 15 is 0 Å². The summed E-state index contributed by atoms with van der Waals surface area (Å²) in [4.78, 5) is 26.5. The molecule has 0 bridgehead atoms. The second-order valence-corrected chi connectivity index (χ2v) is 6.57. The number of hydrogen-bond donors (Lipinski definition) is 0. The molecule has 24 heavy (non-hydrogen) atoms. The van der Waals surface area contributed by atoms with E-state index in [4.69, 9.17) is 11.6 Å². The van der Waals surface area contributed by atoms with Crippen molar-refractivity contribution in [2.75, 3.05) is 0 Å². The predicted octanol–water partition coefficient (Wildman–Crippen LogP) is 4.13. The molecular formula is C20H18ClNO2. The van der Waals surface area contributed by atoms with Gasteiger partial charge in [-0.1, -0.05) is 65.2 Å². The van der Waals surface area contributed by atoms with Crippen LogP contribution in [0.2, 0.25) is 0 Å². The molecular weight excluding hydrogens is 322 g/mol. The Kier molecular flexibility index (Phi) is 4.29. The smallest absolute Gasteiger partial charge is 0.269 e. The van der Waals surface area contributed by atoms with Crippen LogP contribution in [0.4, 0.5) is 0 Å². The average Bonchev–Trinajstić information content (AvgIpc) is 2.74. The highest BCUT2D eigenvalue weighted by molar-refractivity contribution is 6.55. The fourth-order valence-corrected chi connectivity index (χ4v) is 3.18. The number of hydrogen-bond acceptors (Lipinski definition) is 2. The molecule has 0 N–H and O–H groups in total. The molecule has 2 amide bonds. The quantitative estimate of drug-likeness (QED) is 0.788. The standard InChI is InChI=1S/C20H18ClNO2/c1-12-4-7-15(8-5-12)11-22-19(23)17(18(21)20(22)24)16-9-6-13(2)10-14(16)3/h4-10H,11H2,1-3H3. The monoisotopic (exact) mass is 339 g/mol. The van der Waals surface area contributed by atoms with Gasteiger partial charge in [0.25, 0.3) is 11.8 Å². The molecule has 0 spiro atoms. The van der Waals surface area contributed by atoms with Gasteiger partial charge < -0.3 is 0 Å². The largest absolute Gasteiger partial charge is 0.273 e. The summed E-state index contributed by atoms with van der Waals surface area (Å²) in [6, 6.07) is 13.5. The second-order valence-electron chi connectivity index (χ2n) is 6.19. The molecule has 1 aliphatic heterocycles.